The highest BCUT2D eigenvalue weighted by molar-refractivity contribution is 7.09. The molecule has 0 saturated carbocycles. The van der Waals surface area contributed by atoms with Crippen molar-refractivity contribution in [2.24, 2.45) is 0 Å². The summed E-state index contributed by atoms with van der Waals surface area (Å²) >= 11 is 1.61. The van der Waals surface area contributed by atoms with E-state index >= 15 is 0 Å². The van der Waals surface area contributed by atoms with Gasteiger partial charge in [-0.3, -0.25) is 0 Å². The van der Waals surface area contributed by atoms with Crippen molar-refractivity contribution in [1.82, 2.24) is 4.98 Å². The first kappa shape index (κ1) is 13.3. The Hall–Kier alpha value is -2.34. The number of carboxylic acids is 1. The number of hydrogen-bond acceptors (Lipinski definition) is 5. The molecule has 112 valence electrons. The van der Waals surface area contributed by atoms with Gasteiger partial charge in [0.05, 0.1) is 16.1 Å². The lowest BCUT2D eigenvalue weighted by atomic mass is 10.1. The molecule has 0 radical (unpaired) electrons. The minimum absolute atomic E-state index is 0.00114. The molecule has 2 aromatic heterocycles. The summed E-state index contributed by atoms with van der Waals surface area (Å²) in [5.41, 5.74) is 3.71. The molecule has 22 heavy (non-hydrogen) atoms. The molecule has 0 amide bonds. The molecular weight excluding hydrogens is 302 g/mol. The summed E-state index contributed by atoms with van der Waals surface area (Å²) in [5.74, 6) is 0.0753. The van der Waals surface area contributed by atoms with Gasteiger partial charge in [0.1, 0.15) is 28.8 Å². The first-order chi connectivity index (χ1) is 10.6. The van der Waals surface area contributed by atoms with Gasteiger partial charge in [-0.05, 0) is 38.0 Å². The van der Waals surface area contributed by atoms with Crippen LogP contribution in [-0.4, -0.2) is 16.1 Å². The molecule has 0 fully saturated rings. The van der Waals surface area contributed by atoms with Crippen LogP contribution in [0.2, 0.25) is 0 Å². The third-order valence-electron chi connectivity index (χ3n) is 3.94. The molecule has 0 bridgehead atoms. The van der Waals surface area contributed by atoms with E-state index in [1.54, 1.807) is 30.4 Å². The van der Waals surface area contributed by atoms with Crippen molar-refractivity contribution >= 4 is 28.3 Å². The van der Waals surface area contributed by atoms with Gasteiger partial charge in [-0.25, -0.2) is 9.78 Å². The standard InChI is InChI=1S/C16H13NO4S/c1-8-14(16(18)19)10-6-9(2-4-12(10)20-8)21-13-5-3-11-15(13)22-7-17-11/h2,4,6-7,13H,3,5H2,1H3,(H,18,19). The minimum atomic E-state index is -0.987. The molecule has 1 N–H and O–H groups in total. The Kier molecular flexibility index (Phi) is 2.94. The van der Waals surface area contributed by atoms with Gasteiger partial charge in [0.25, 0.3) is 0 Å². The molecule has 4 rings (SSSR count). The van der Waals surface area contributed by atoms with Crippen LogP contribution >= 0.6 is 11.3 Å². The van der Waals surface area contributed by atoms with E-state index in [4.69, 9.17) is 9.15 Å². The first-order valence-electron chi connectivity index (χ1n) is 6.99. The fraction of sp³-hybridized carbons (Fsp3) is 0.250. The normalized spacial score (nSPS) is 16.9. The minimum Gasteiger partial charge on any atom is -0.485 e. The fourth-order valence-corrected chi connectivity index (χ4v) is 3.84. The van der Waals surface area contributed by atoms with Crippen molar-refractivity contribution < 1.29 is 19.1 Å². The Morgan fingerprint density at radius 1 is 1.50 bits per heavy atom. The van der Waals surface area contributed by atoms with Crippen LogP contribution in [0.1, 0.15) is 39.2 Å². The van der Waals surface area contributed by atoms with Gasteiger partial charge in [0.2, 0.25) is 0 Å². The topological polar surface area (TPSA) is 72.6 Å². The van der Waals surface area contributed by atoms with Crippen LogP contribution in [0.4, 0.5) is 0 Å². The molecule has 5 nitrogen and oxygen atoms in total. The van der Waals surface area contributed by atoms with Crippen molar-refractivity contribution in [3.8, 4) is 5.75 Å². The second kappa shape index (κ2) is 4.84. The predicted octanol–water partition coefficient (Wildman–Crippen LogP) is 3.96. The summed E-state index contributed by atoms with van der Waals surface area (Å²) in [6.07, 6.45) is 1.83. The zero-order chi connectivity index (χ0) is 15.3. The molecule has 1 aromatic carbocycles. The Labute approximate surface area is 130 Å². The summed E-state index contributed by atoms with van der Waals surface area (Å²) in [5, 5.41) is 9.90. The van der Waals surface area contributed by atoms with Crippen LogP contribution < -0.4 is 4.74 Å². The molecular formula is C16H13NO4S. The summed E-state index contributed by atoms with van der Waals surface area (Å²) in [6, 6.07) is 5.32. The summed E-state index contributed by atoms with van der Waals surface area (Å²) < 4.78 is 11.5. The smallest absolute Gasteiger partial charge is 0.339 e. The number of ether oxygens (including phenoxy) is 1. The highest BCUT2D eigenvalue weighted by Gasteiger charge is 2.27. The highest BCUT2D eigenvalue weighted by Crippen LogP contribution is 2.38. The Morgan fingerprint density at radius 2 is 2.36 bits per heavy atom. The number of benzene rings is 1. The number of fused-ring (bicyclic) bond motifs is 2. The number of nitrogens with zero attached hydrogens (tertiary/aromatic N) is 1. The fourth-order valence-electron chi connectivity index (χ4n) is 2.94. The summed E-state index contributed by atoms with van der Waals surface area (Å²) in [6.45, 7) is 1.66. The molecule has 2 heterocycles. The molecule has 0 aliphatic heterocycles. The molecule has 1 aliphatic carbocycles. The molecule has 0 spiro atoms. The monoisotopic (exact) mass is 315 g/mol. The average molecular weight is 315 g/mol. The van der Waals surface area contributed by atoms with Gasteiger partial charge in [-0.15, -0.1) is 11.3 Å². The number of thiazole rings is 1. The lowest BCUT2D eigenvalue weighted by Crippen LogP contribution is -2.02. The van der Waals surface area contributed by atoms with E-state index in [9.17, 15) is 9.90 Å². The summed E-state index contributed by atoms with van der Waals surface area (Å²) in [4.78, 5) is 16.9. The van der Waals surface area contributed by atoms with Crippen LogP contribution in [0.25, 0.3) is 11.0 Å². The van der Waals surface area contributed by atoms with Crippen molar-refractivity contribution in [2.75, 3.05) is 0 Å². The number of aromatic nitrogens is 1. The lowest BCUT2D eigenvalue weighted by Gasteiger charge is -2.13. The zero-order valence-corrected chi connectivity index (χ0v) is 12.6. The second-order valence-corrected chi connectivity index (χ2v) is 6.19. The van der Waals surface area contributed by atoms with E-state index in [-0.39, 0.29) is 11.7 Å². The van der Waals surface area contributed by atoms with Crippen molar-refractivity contribution in [1.29, 1.82) is 0 Å². The van der Waals surface area contributed by atoms with Gasteiger partial charge >= 0.3 is 5.97 Å². The van der Waals surface area contributed by atoms with Crippen molar-refractivity contribution in [2.45, 2.75) is 25.9 Å². The van der Waals surface area contributed by atoms with Crippen molar-refractivity contribution in [3.05, 3.63) is 45.6 Å². The first-order valence-corrected chi connectivity index (χ1v) is 7.87. The maximum atomic E-state index is 11.4. The second-order valence-electron chi connectivity index (χ2n) is 5.30. The Morgan fingerprint density at radius 3 is 3.18 bits per heavy atom. The van der Waals surface area contributed by atoms with E-state index in [1.165, 1.54) is 4.88 Å². The molecule has 1 atom stereocenters. The molecule has 6 heteroatoms. The number of rotatable bonds is 3. The maximum absolute atomic E-state index is 11.4. The largest absolute Gasteiger partial charge is 0.485 e. The quantitative estimate of drug-likeness (QED) is 0.792. The van der Waals surface area contributed by atoms with Gasteiger partial charge in [0.15, 0.2) is 0 Å². The number of hydrogen-bond donors (Lipinski definition) is 1. The van der Waals surface area contributed by atoms with Crippen LogP contribution in [0, 0.1) is 6.92 Å². The predicted molar refractivity (Wildman–Crippen MR) is 81.7 cm³/mol. The van der Waals surface area contributed by atoms with Gasteiger partial charge in [-0.1, -0.05) is 0 Å². The van der Waals surface area contributed by atoms with E-state index in [0.29, 0.717) is 22.5 Å². The van der Waals surface area contributed by atoms with E-state index in [0.717, 1.165) is 18.5 Å². The van der Waals surface area contributed by atoms with Crippen LogP contribution in [0.3, 0.4) is 0 Å². The van der Waals surface area contributed by atoms with Gasteiger partial charge < -0.3 is 14.3 Å². The lowest BCUT2D eigenvalue weighted by molar-refractivity contribution is 0.0697. The van der Waals surface area contributed by atoms with E-state index in [1.807, 2.05) is 11.6 Å². The van der Waals surface area contributed by atoms with Crippen LogP contribution in [0.15, 0.2) is 28.1 Å². The van der Waals surface area contributed by atoms with Gasteiger partial charge in [-0.2, -0.15) is 0 Å². The highest BCUT2D eigenvalue weighted by atomic mass is 32.1. The molecule has 1 aliphatic rings. The molecule has 0 saturated heterocycles. The number of carbonyl (C=O) groups is 1. The molecule has 3 aromatic rings. The Bertz CT molecular complexity index is 880. The average Bonchev–Trinajstić information content (AvgIpc) is 3.13. The zero-order valence-electron chi connectivity index (χ0n) is 11.8. The third-order valence-corrected chi connectivity index (χ3v) is 4.90. The van der Waals surface area contributed by atoms with Crippen LogP contribution in [-0.2, 0) is 6.42 Å². The Balaban J connectivity index is 1.71. The van der Waals surface area contributed by atoms with Gasteiger partial charge in [0, 0.05) is 5.39 Å². The third kappa shape index (κ3) is 1.99. The SMILES string of the molecule is Cc1oc2ccc(OC3CCc4ncsc43)cc2c1C(=O)O. The molecule has 1 unspecified atom stereocenters. The van der Waals surface area contributed by atoms with Crippen LogP contribution in [0.5, 0.6) is 5.75 Å². The number of aromatic carboxylic acids is 1. The number of aryl methyl sites for hydroxylation is 2. The maximum Gasteiger partial charge on any atom is 0.339 e. The van der Waals surface area contributed by atoms with E-state index in [2.05, 4.69) is 4.98 Å². The van der Waals surface area contributed by atoms with E-state index < -0.39 is 5.97 Å². The number of carboxylic acid groups (broad SMARTS) is 1. The van der Waals surface area contributed by atoms with Crippen molar-refractivity contribution in [3.63, 3.8) is 0 Å². The number of furan rings is 1. The summed E-state index contributed by atoms with van der Waals surface area (Å²) in [7, 11) is 0.